The first-order valence-corrected chi connectivity index (χ1v) is 11.0. The Labute approximate surface area is 196 Å². The number of nitrogens with zero attached hydrogens (tertiary/aromatic N) is 3. The average molecular weight is 462 g/mol. The van der Waals surface area contributed by atoms with Crippen LogP contribution < -0.4 is 10.6 Å². The van der Waals surface area contributed by atoms with Gasteiger partial charge in [0.1, 0.15) is 0 Å². The summed E-state index contributed by atoms with van der Waals surface area (Å²) in [6.45, 7) is 3.92. The molecule has 0 saturated carbocycles. The molecule has 0 radical (unpaired) electrons. The highest BCUT2D eigenvalue weighted by atomic mass is 35.5. The fraction of sp³-hybridized carbons (Fsp3) is 0.200. The van der Waals surface area contributed by atoms with Gasteiger partial charge >= 0.3 is 0 Å². The van der Waals surface area contributed by atoms with Crippen LogP contribution in [-0.2, 0) is 11.2 Å². The van der Waals surface area contributed by atoms with Crippen LogP contribution in [0.25, 0.3) is 16.9 Å². The molecule has 2 heterocycles. The van der Waals surface area contributed by atoms with Crippen LogP contribution in [0.5, 0.6) is 0 Å². The van der Waals surface area contributed by atoms with Crippen molar-refractivity contribution in [2.75, 3.05) is 11.9 Å². The predicted octanol–water partition coefficient (Wildman–Crippen LogP) is 4.68. The zero-order valence-corrected chi connectivity index (χ0v) is 19.2. The number of aromatic nitrogens is 3. The topological polar surface area (TPSA) is 88.4 Å². The third-order valence-corrected chi connectivity index (χ3v) is 5.50. The largest absolute Gasteiger partial charge is 0.352 e. The Morgan fingerprint density at radius 1 is 1.06 bits per heavy atom. The second-order valence-corrected chi connectivity index (χ2v) is 8.28. The van der Waals surface area contributed by atoms with Crippen LogP contribution in [0.4, 0.5) is 5.82 Å². The maximum atomic E-state index is 12.8. The molecule has 33 heavy (non-hydrogen) atoms. The van der Waals surface area contributed by atoms with Gasteiger partial charge in [0.05, 0.1) is 11.9 Å². The molecule has 0 aliphatic carbocycles. The molecule has 8 heteroatoms. The lowest BCUT2D eigenvalue weighted by atomic mass is 10.0. The lowest BCUT2D eigenvalue weighted by molar-refractivity contribution is -0.114. The number of rotatable bonds is 7. The van der Waals surface area contributed by atoms with Crippen molar-refractivity contribution in [3.63, 3.8) is 0 Å². The smallest absolute Gasteiger partial charge is 0.251 e. The molecule has 168 valence electrons. The van der Waals surface area contributed by atoms with Crippen molar-refractivity contribution in [3.8, 4) is 11.3 Å². The molecular formula is C25H24ClN5O2. The molecule has 0 unspecified atom stereocenters. The summed E-state index contributed by atoms with van der Waals surface area (Å²) in [5.41, 5.74) is 4.84. The second-order valence-electron chi connectivity index (χ2n) is 7.84. The van der Waals surface area contributed by atoms with Crippen molar-refractivity contribution in [2.45, 2.75) is 26.7 Å². The van der Waals surface area contributed by atoms with E-state index >= 15 is 0 Å². The summed E-state index contributed by atoms with van der Waals surface area (Å²) < 4.78 is 1.61. The first-order valence-electron chi connectivity index (χ1n) is 10.7. The Balaban J connectivity index is 1.44. The van der Waals surface area contributed by atoms with E-state index in [9.17, 15) is 9.59 Å². The number of halogens is 1. The summed E-state index contributed by atoms with van der Waals surface area (Å²) in [6.07, 6.45) is 3.36. The molecule has 2 aromatic carbocycles. The average Bonchev–Trinajstić information content (AvgIpc) is 3.18. The maximum absolute atomic E-state index is 12.8. The summed E-state index contributed by atoms with van der Waals surface area (Å²) in [6, 6.07) is 17.1. The lowest BCUT2D eigenvalue weighted by Crippen LogP contribution is -2.25. The third-order valence-electron chi connectivity index (χ3n) is 5.24. The predicted molar refractivity (Wildman–Crippen MR) is 130 cm³/mol. The van der Waals surface area contributed by atoms with Gasteiger partial charge in [-0.25, -0.2) is 9.50 Å². The molecule has 2 amide bonds. The van der Waals surface area contributed by atoms with Crippen LogP contribution in [0.1, 0.15) is 34.8 Å². The molecule has 2 aromatic heterocycles. The van der Waals surface area contributed by atoms with Crippen molar-refractivity contribution in [1.82, 2.24) is 19.9 Å². The van der Waals surface area contributed by atoms with Gasteiger partial charge in [-0.1, -0.05) is 35.9 Å². The van der Waals surface area contributed by atoms with Gasteiger partial charge in [-0.05, 0) is 61.2 Å². The van der Waals surface area contributed by atoms with Crippen LogP contribution in [0.2, 0.25) is 5.02 Å². The van der Waals surface area contributed by atoms with Crippen LogP contribution in [0, 0.1) is 6.92 Å². The maximum Gasteiger partial charge on any atom is 0.251 e. The van der Waals surface area contributed by atoms with Crippen molar-refractivity contribution < 1.29 is 9.59 Å². The van der Waals surface area contributed by atoms with Gasteiger partial charge in [0, 0.05) is 29.6 Å². The van der Waals surface area contributed by atoms with E-state index in [0.717, 1.165) is 29.0 Å². The van der Waals surface area contributed by atoms with E-state index in [1.165, 1.54) is 12.5 Å². The SMILES string of the molecule is CC(=O)Nc1cn2nc(-c3ccc(C)c(C(=O)NCCCc4ccc(Cl)cc4)c3)ccc2n1. The molecule has 0 saturated heterocycles. The van der Waals surface area contributed by atoms with E-state index in [1.807, 2.05) is 61.5 Å². The van der Waals surface area contributed by atoms with E-state index < -0.39 is 0 Å². The molecule has 0 aliphatic heterocycles. The van der Waals surface area contributed by atoms with Crippen molar-refractivity contribution >= 4 is 34.9 Å². The number of nitrogens with one attached hydrogen (secondary N) is 2. The van der Waals surface area contributed by atoms with Crippen LogP contribution in [0.15, 0.2) is 60.8 Å². The minimum Gasteiger partial charge on any atom is -0.352 e. The molecule has 0 fully saturated rings. The number of imidazole rings is 1. The fourth-order valence-electron chi connectivity index (χ4n) is 3.54. The monoisotopic (exact) mass is 461 g/mol. The Hall–Kier alpha value is -3.71. The van der Waals surface area contributed by atoms with Gasteiger partial charge < -0.3 is 10.6 Å². The highest BCUT2D eigenvalue weighted by Gasteiger charge is 2.12. The fourth-order valence-corrected chi connectivity index (χ4v) is 3.67. The standard InChI is InChI=1S/C25H24ClN5O2/c1-16-5-8-19(22-11-12-24-29-23(28-17(2)32)15-31(24)30-22)14-21(16)25(33)27-13-3-4-18-6-9-20(26)10-7-18/h5-12,14-15H,3-4,13H2,1-2H3,(H,27,33)(H,28,32). The summed E-state index contributed by atoms with van der Waals surface area (Å²) in [5.74, 6) is 0.137. The normalized spacial score (nSPS) is 10.9. The zero-order chi connectivity index (χ0) is 23.4. The molecule has 4 rings (SSSR count). The van der Waals surface area contributed by atoms with Crippen LogP contribution >= 0.6 is 11.6 Å². The number of hydrogen-bond acceptors (Lipinski definition) is 4. The van der Waals surface area contributed by atoms with Crippen LogP contribution in [0.3, 0.4) is 0 Å². The third kappa shape index (κ3) is 5.56. The number of carbonyl (C=O) groups is 2. The molecule has 0 bridgehead atoms. The first-order chi connectivity index (χ1) is 15.9. The van der Waals surface area contributed by atoms with E-state index in [4.69, 9.17) is 11.6 Å². The first kappa shape index (κ1) is 22.5. The van der Waals surface area contributed by atoms with Crippen molar-refractivity contribution in [3.05, 3.63) is 82.5 Å². The van der Waals surface area contributed by atoms with Crippen molar-refractivity contribution in [2.24, 2.45) is 0 Å². The number of aryl methyl sites for hydroxylation is 2. The number of anilines is 1. The molecule has 2 N–H and O–H groups in total. The molecule has 4 aromatic rings. The summed E-state index contributed by atoms with van der Waals surface area (Å²) in [4.78, 5) is 28.4. The molecule has 0 spiro atoms. The summed E-state index contributed by atoms with van der Waals surface area (Å²) >= 11 is 5.92. The molecule has 7 nitrogen and oxygen atoms in total. The quantitative estimate of drug-likeness (QED) is 0.391. The Morgan fingerprint density at radius 2 is 1.85 bits per heavy atom. The van der Waals surface area contributed by atoms with Gasteiger partial charge in [-0.15, -0.1) is 0 Å². The van der Waals surface area contributed by atoms with Gasteiger partial charge in [-0.3, -0.25) is 9.59 Å². The Bertz CT molecular complexity index is 1310. The molecule has 0 atom stereocenters. The van der Waals surface area contributed by atoms with Gasteiger partial charge in [-0.2, -0.15) is 5.10 Å². The Morgan fingerprint density at radius 3 is 2.61 bits per heavy atom. The van der Waals surface area contributed by atoms with Crippen molar-refractivity contribution in [1.29, 1.82) is 0 Å². The van der Waals surface area contributed by atoms with Gasteiger partial charge in [0.25, 0.3) is 5.91 Å². The number of hydrogen-bond donors (Lipinski definition) is 2. The van der Waals surface area contributed by atoms with E-state index in [0.29, 0.717) is 29.3 Å². The minimum absolute atomic E-state index is 0.109. The molecule has 0 aliphatic rings. The summed E-state index contributed by atoms with van der Waals surface area (Å²) in [5, 5.41) is 11.0. The van der Waals surface area contributed by atoms with Crippen LogP contribution in [-0.4, -0.2) is 33.0 Å². The summed E-state index contributed by atoms with van der Waals surface area (Å²) in [7, 11) is 0. The minimum atomic E-state index is -0.194. The van der Waals surface area contributed by atoms with Gasteiger partial charge in [0.2, 0.25) is 5.91 Å². The van der Waals surface area contributed by atoms with E-state index in [-0.39, 0.29) is 11.8 Å². The molecular weight excluding hydrogens is 438 g/mol. The number of amides is 2. The Kier molecular flexibility index (Phi) is 6.70. The number of carbonyl (C=O) groups excluding carboxylic acids is 2. The lowest BCUT2D eigenvalue weighted by Gasteiger charge is -2.10. The highest BCUT2D eigenvalue weighted by molar-refractivity contribution is 6.30. The number of fused-ring (bicyclic) bond motifs is 1. The van der Waals surface area contributed by atoms with E-state index in [2.05, 4.69) is 20.7 Å². The van der Waals surface area contributed by atoms with E-state index in [1.54, 1.807) is 10.7 Å². The highest BCUT2D eigenvalue weighted by Crippen LogP contribution is 2.22. The van der Waals surface area contributed by atoms with Gasteiger partial charge in [0.15, 0.2) is 11.5 Å². The second kappa shape index (κ2) is 9.83. The zero-order valence-electron chi connectivity index (χ0n) is 18.4. The number of benzene rings is 2.